The number of hydrazine groups is 1. The number of ether oxygens (including phenoxy) is 1. The van der Waals surface area contributed by atoms with E-state index in [1.54, 1.807) is 12.3 Å². The first-order chi connectivity index (χ1) is 9.60. The van der Waals surface area contributed by atoms with Crippen molar-refractivity contribution >= 4 is 11.6 Å². The highest BCUT2D eigenvalue weighted by atomic mass is 35.5. The number of nitrogens with zero attached hydrogens (tertiary/aromatic N) is 1. The van der Waals surface area contributed by atoms with Gasteiger partial charge < -0.3 is 4.74 Å². The number of nitrogens with one attached hydrogen (secondary N) is 1. The molecule has 0 saturated carbocycles. The van der Waals surface area contributed by atoms with Crippen LogP contribution in [-0.2, 0) is 0 Å². The molecule has 1 unspecified atom stereocenters. The lowest BCUT2D eigenvalue weighted by atomic mass is 10.0. The fourth-order valence-electron chi connectivity index (χ4n) is 2.02. The Bertz CT molecular complexity index is 575. The predicted molar refractivity (Wildman–Crippen MR) is 80.6 cm³/mol. The summed E-state index contributed by atoms with van der Waals surface area (Å²) < 4.78 is 5.70. The van der Waals surface area contributed by atoms with E-state index in [1.165, 1.54) is 0 Å². The summed E-state index contributed by atoms with van der Waals surface area (Å²) in [5.41, 5.74) is 4.76. The molecule has 0 spiro atoms. The van der Waals surface area contributed by atoms with Gasteiger partial charge in [-0.2, -0.15) is 0 Å². The van der Waals surface area contributed by atoms with E-state index < -0.39 is 0 Å². The molecule has 0 radical (unpaired) electrons. The molecule has 2 aromatic rings. The normalized spacial score (nSPS) is 12.4. The minimum absolute atomic E-state index is 0.130. The molecule has 0 saturated heterocycles. The third-order valence-electron chi connectivity index (χ3n) is 2.81. The van der Waals surface area contributed by atoms with Gasteiger partial charge in [-0.05, 0) is 49.2 Å². The molecular weight excluding hydrogens is 274 g/mol. The summed E-state index contributed by atoms with van der Waals surface area (Å²) in [4.78, 5) is 3.98. The van der Waals surface area contributed by atoms with E-state index in [0.717, 1.165) is 16.9 Å². The molecule has 1 atom stereocenters. The van der Waals surface area contributed by atoms with Crippen molar-refractivity contribution in [1.82, 2.24) is 10.4 Å². The fraction of sp³-hybridized carbons (Fsp3) is 0.267. The molecule has 0 aliphatic rings. The molecule has 0 fully saturated rings. The number of aromatic nitrogens is 1. The van der Waals surface area contributed by atoms with Crippen LogP contribution >= 0.6 is 11.6 Å². The lowest BCUT2D eigenvalue weighted by molar-refractivity contribution is 0.242. The van der Waals surface area contributed by atoms with Gasteiger partial charge in [0, 0.05) is 6.20 Å². The van der Waals surface area contributed by atoms with Crippen molar-refractivity contribution in [2.75, 3.05) is 0 Å². The molecule has 20 heavy (non-hydrogen) atoms. The van der Waals surface area contributed by atoms with Crippen molar-refractivity contribution in [1.29, 1.82) is 0 Å². The minimum atomic E-state index is -0.161. The van der Waals surface area contributed by atoms with Crippen LogP contribution in [0, 0.1) is 0 Å². The van der Waals surface area contributed by atoms with E-state index in [9.17, 15) is 0 Å². The Morgan fingerprint density at radius 1 is 1.20 bits per heavy atom. The van der Waals surface area contributed by atoms with Crippen LogP contribution in [0.3, 0.4) is 0 Å². The first kappa shape index (κ1) is 14.8. The van der Waals surface area contributed by atoms with Gasteiger partial charge in [-0.1, -0.05) is 23.7 Å². The summed E-state index contributed by atoms with van der Waals surface area (Å²) in [5, 5.41) is 0.442. The van der Waals surface area contributed by atoms with Crippen molar-refractivity contribution < 1.29 is 4.74 Å². The van der Waals surface area contributed by atoms with Crippen molar-refractivity contribution in [2.45, 2.75) is 26.0 Å². The third kappa shape index (κ3) is 3.70. The zero-order valence-electron chi connectivity index (χ0n) is 11.5. The average molecular weight is 292 g/mol. The molecule has 4 nitrogen and oxygen atoms in total. The predicted octanol–water partition coefficient (Wildman–Crippen LogP) is 3.07. The molecule has 3 N–H and O–H groups in total. The van der Waals surface area contributed by atoms with E-state index in [2.05, 4.69) is 10.4 Å². The molecule has 106 valence electrons. The molecule has 1 aromatic carbocycles. The zero-order chi connectivity index (χ0) is 14.5. The van der Waals surface area contributed by atoms with Crippen LogP contribution in [0.2, 0.25) is 5.15 Å². The smallest absolute Gasteiger partial charge is 0.129 e. The van der Waals surface area contributed by atoms with E-state index >= 15 is 0 Å². The number of rotatable bonds is 5. The van der Waals surface area contributed by atoms with Gasteiger partial charge in [0.05, 0.1) is 12.1 Å². The van der Waals surface area contributed by atoms with Crippen LogP contribution in [-0.4, -0.2) is 11.1 Å². The highest BCUT2D eigenvalue weighted by Crippen LogP contribution is 2.26. The van der Waals surface area contributed by atoms with Gasteiger partial charge in [-0.25, -0.2) is 10.4 Å². The van der Waals surface area contributed by atoms with Gasteiger partial charge in [0.15, 0.2) is 0 Å². The van der Waals surface area contributed by atoms with Crippen LogP contribution in [0.1, 0.15) is 31.0 Å². The van der Waals surface area contributed by atoms with E-state index in [-0.39, 0.29) is 12.1 Å². The van der Waals surface area contributed by atoms with Gasteiger partial charge in [-0.3, -0.25) is 5.84 Å². The third-order valence-corrected chi connectivity index (χ3v) is 3.02. The Kier molecular flexibility index (Phi) is 4.95. The van der Waals surface area contributed by atoms with Crippen LogP contribution in [0.5, 0.6) is 5.75 Å². The number of halogens is 1. The van der Waals surface area contributed by atoms with Gasteiger partial charge in [0.2, 0.25) is 0 Å². The van der Waals surface area contributed by atoms with Crippen molar-refractivity contribution in [3.8, 4) is 5.75 Å². The monoisotopic (exact) mass is 291 g/mol. The van der Waals surface area contributed by atoms with E-state index in [0.29, 0.717) is 5.15 Å². The average Bonchev–Trinajstić information content (AvgIpc) is 2.39. The molecule has 5 heteroatoms. The highest BCUT2D eigenvalue weighted by molar-refractivity contribution is 6.29. The first-order valence-corrected chi connectivity index (χ1v) is 6.82. The lowest BCUT2D eigenvalue weighted by Crippen LogP contribution is -2.28. The Hall–Kier alpha value is -1.62. The topological polar surface area (TPSA) is 60.2 Å². The fourth-order valence-corrected chi connectivity index (χ4v) is 2.20. The van der Waals surface area contributed by atoms with Crippen molar-refractivity contribution in [2.24, 2.45) is 5.84 Å². The Morgan fingerprint density at radius 3 is 2.60 bits per heavy atom. The second-order valence-corrected chi connectivity index (χ2v) is 5.14. The number of pyridine rings is 1. The number of hydrogen-bond donors (Lipinski definition) is 2. The molecule has 0 aliphatic heterocycles. The van der Waals surface area contributed by atoms with Crippen LogP contribution in [0.15, 0.2) is 42.6 Å². The summed E-state index contributed by atoms with van der Waals surface area (Å²) in [6, 6.07) is 11.3. The number of benzene rings is 1. The quantitative estimate of drug-likeness (QED) is 0.505. The summed E-state index contributed by atoms with van der Waals surface area (Å²) in [6.07, 6.45) is 1.79. The number of hydrogen-bond acceptors (Lipinski definition) is 4. The van der Waals surface area contributed by atoms with Gasteiger partial charge in [0.1, 0.15) is 10.9 Å². The van der Waals surface area contributed by atoms with Gasteiger partial charge >= 0.3 is 0 Å². The molecule has 0 amide bonds. The molecule has 0 bridgehead atoms. The molecular formula is C15H18ClN3O. The summed E-state index contributed by atoms with van der Waals surface area (Å²) >= 11 is 5.93. The van der Waals surface area contributed by atoms with Crippen LogP contribution in [0.25, 0.3) is 0 Å². The van der Waals surface area contributed by atoms with Crippen LogP contribution < -0.4 is 16.0 Å². The number of nitrogens with two attached hydrogens (primary N) is 1. The Morgan fingerprint density at radius 2 is 1.95 bits per heavy atom. The maximum absolute atomic E-state index is 5.93. The Labute approximate surface area is 123 Å². The Balaban J connectivity index is 2.32. The second kappa shape index (κ2) is 6.70. The van der Waals surface area contributed by atoms with E-state index in [4.69, 9.17) is 22.2 Å². The lowest BCUT2D eigenvalue weighted by Gasteiger charge is -2.18. The zero-order valence-corrected chi connectivity index (χ0v) is 12.3. The first-order valence-electron chi connectivity index (χ1n) is 6.44. The van der Waals surface area contributed by atoms with Crippen molar-refractivity contribution in [3.05, 3.63) is 58.9 Å². The van der Waals surface area contributed by atoms with Crippen molar-refractivity contribution in [3.63, 3.8) is 0 Å². The summed E-state index contributed by atoms with van der Waals surface area (Å²) in [5.74, 6) is 6.50. The summed E-state index contributed by atoms with van der Waals surface area (Å²) in [6.45, 7) is 3.99. The van der Waals surface area contributed by atoms with Gasteiger partial charge in [0.25, 0.3) is 0 Å². The minimum Gasteiger partial charge on any atom is -0.491 e. The SMILES string of the molecule is CC(C)Oc1cccc(C(NN)c2ccnc(Cl)c2)c1. The standard InChI is InChI=1S/C15H18ClN3O/c1-10(2)20-13-5-3-4-11(8-13)15(19-17)12-6-7-18-14(16)9-12/h3-10,15,19H,17H2,1-2H3. The highest BCUT2D eigenvalue weighted by Gasteiger charge is 2.14. The molecule has 1 aromatic heterocycles. The summed E-state index contributed by atoms with van der Waals surface area (Å²) in [7, 11) is 0. The van der Waals surface area contributed by atoms with Gasteiger partial charge in [-0.15, -0.1) is 0 Å². The van der Waals surface area contributed by atoms with Crippen LogP contribution in [0.4, 0.5) is 0 Å². The molecule has 1 heterocycles. The second-order valence-electron chi connectivity index (χ2n) is 4.75. The maximum atomic E-state index is 5.93. The molecule has 0 aliphatic carbocycles. The largest absolute Gasteiger partial charge is 0.491 e. The van der Waals surface area contributed by atoms with E-state index in [1.807, 2.05) is 44.2 Å². The maximum Gasteiger partial charge on any atom is 0.129 e. The molecule has 2 rings (SSSR count).